The molecule has 172 valence electrons. The number of carbonyl (C=O) groups excluding carboxylic acids is 1. The van der Waals surface area contributed by atoms with Crippen molar-refractivity contribution in [1.29, 1.82) is 0 Å². The molecule has 0 aliphatic carbocycles. The SMILES string of the molecule is C=CCCN(CC(=C)CC(=C)C(=O)c1ccc2c(ccn2C)c1)S(=O)(=O)c1ccc(C)cc1. The predicted octanol–water partition coefficient (Wildman–Crippen LogP) is 5.44. The number of rotatable bonds is 11. The van der Waals surface area contributed by atoms with Crippen molar-refractivity contribution in [3.63, 3.8) is 0 Å². The molecule has 6 heteroatoms. The van der Waals surface area contributed by atoms with Gasteiger partial charge < -0.3 is 4.57 Å². The van der Waals surface area contributed by atoms with Gasteiger partial charge in [0, 0.05) is 42.8 Å². The van der Waals surface area contributed by atoms with E-state index in [1.54, 1.807) is 36.4 Å². The van der Waals surface area contributed by atoms with Crippen molar-refractivity contribution in [3.05, 3.63) is 103 Å². The summed E-state index contributed by atoms with van der Waals surface area (Å²) in [6.07, 6.45) is 4.36. The summed E-state index contributed by atoms with van der Waals surface area (Å²) in [5.41, 5.74) is 3.57. The second kappa shape index (κ2) is 10.1. The van der Waals surface area contributed by atoms with E-state index in [1.165, 1.54) is 4.31 Å². The van der Waals surface area contributed by atoms with Crippen LogP contribution in [-0.2, 0) is 17.1 Å². The van der Waals surface area contributed by atoms with E-state index in [0.717, 1.165) is 16.5 Å². The number of allylic oxidation sites excluding steroid dienone is 1. The third kappa shape index (κ3) is 5.59. The summed E-state index contributed by atoms with van der Waals surface area (Å²) in [6.45, 7) is 14.0. The molecule has 0 amide bonds. The Morgan fingerprint density at radius 1 is 1.09 bits per heavy atom. The van der Waals surface area contributed by atoms with Gasteiger partial charge in [0.15, 0.2) is 5.78 Å². The molecule has 33 heavy (non-hydrogen) atoms. The Hall–Kier alpha value is -3.22. The largest absolute Gasteiger partial charge is 0.351 e. The Labute approximate surface area is 196 Å². The van der Waals surface area contributed by atoms with Crippen LogP contribution in [-0.4, -0.2) is 36.2 Å². The van der Waals surface area contributed by atoms with Crippen molar-refractivity contribution < 1.29 is 13.2 Å². The van der Waals surface area contributed by atoms with Gasteiger partial charge in [0.25, 0.3) is 0 Å². The number of Topliss-reactive ketones (excluding diaryl/α,β-unsaturated/α-hetero) is 1. The van der Waals surface area contributed by atoms with Crippen molar-refractivity contribution in [2.75, 3.05) is 13.1 Å². The highest BCUT2D eigenvalue weighted by Gasteiger charge is 2.25. The lowest BCUT2D eigenvalue weighted by atomic mass is 9.98. The summed E-state index contributed by atoms with van der Waals surface area (Å²) in [4.78, 5) is 13.2. The van der Waals surface area contributed by atoms with Crippen molar-refractivity contribution in [3.8, 4) is 0 Å². The first-order valence-electron chi connectivity index (χ1n) is 10.8. The molecule has 0 atom stereocenters. The zero-order chi connectivity index (χ0) is 24.2. The molecule has 0 radical (unpaired) electrons. The zero-order valence-electron chi connectivity index (χ0n) is 19.3. The Kier molecular flexibility index (Phi) is 7.51. The number of ketones is 1. The number of hydrogen-bond acceptors (Lipinski definition) is 3. The minimum absolute atomic E-state index is 0.105. The van der Waals surface area contributed by atoms with E-state index in [-0.39, 0.29) is 30.2 Å². The highest BCUT2D eigenvalue weighted by atomic mass is 32.2. The highest BCUT2D eigenvalue weighted by molar-refractivity contribution is 7.89. The molecule has 2 aromatic carbocycles. The van der Waals surface area contributed by atoms with Gasteiger partial charge in [0.2, 0.25) is 10.0 Å². The van der Waals surface area contributed by atoms with Crippen LogP contribution >= 0.6 is 0 Å². The maximum atomic E-state index is 13.2. The average Bonchev–Trinajstić information content (AvgIpc) is 3.16. The molecule has 0 fully saturated rings. The molecule has 1 heterocycles. The van der Waals surface area contributed by atoms with Gasteiger partial charge in [-0.3, -0.25) is 4.79 Å². The van der Waals surface area contributed by atoms with Gasteiger partial charge in [0.05, 0.1) is 4.90 Å². The third-order valence-electron chi connectivity index (χ3n) is 5.57. The Morgan fingerprint density at radius 3 is 2.45 bits per heavy atom. The smallest absolute Gasteiger partial charge is 0.243 e. The number of benzene rings is 2. The van der Waals surface area contributed by atoms with Gasteiger partial charge in [-0.2, -0.15) is 4.31 Å². The van der Waals surface area contributed by atoms with Crippen LogP contribution in [0.3, 0.4) is 0 Å². The third-order valence-corrected chi connectivity index (χ3v) is 7.43. The van der Waals surface area contributed by atoms with Crippen LogP contribution < -0.4 is 0 Å². The van der Waals surface area contributed by atoms with Crippen molar-refractivity contribution in [2.24, 2.45) is 7.05 Å². The number of nitrogens with zero attached hydrogens (tertiary/aromatic N) is 2. The van der Waals surface area contributed by atoms with Gasteiger partial charge in [-0.25, -0.2) is 8.42 Å². The maximum absolute atomic E-state index is 13.2. The van der Waals surface area contributed by atoms with Gasteiger partial charge in [0.1, 0.15) is 0 Å². The number of aryl methyl sites for hydroxylation is 2. The number of hydrogen-bond donors (Lipinski definition) is 0. The molecule has 0 aliphatic heterocycles. The molecule has 0 bridgehead atoms. The minimum atomic E-state index is -3.71. The van der Waals surface area contributed by atoms with Gasteiger partial charge >= 0.3 is 0 Å². The van der Waals surface area contributed by atoms with Crippen LogP contribution in [0.1, 0.15) is 28.8 Å². The van der Waals surface area contributed by atoms with Crippen LogP contribution in [0.2, 0.25) is 0 Å². The lowest BCUT2D eigenvalue weighted by Gasteiger charge is -2.23. The molecule has 3 rings (SSSR count). The highest BCUT2D eigenvalue weighted by Crippen LogP contribution is 2.23. The maximum Gasteiger partial charge on any atom is 0.243 e. The van der Waals surface area contributed by atoms with Crippen LogP contribution in [0.4, 0.5) is 0 Å². The summed E-state index contributed by atoms with van der Waals surface area (Å²) in [5.74, 6) is -0.166. The van der Waals surface area contributed by atoms with E-state index in [9.17, 15) is 13.2 Å². The van der Waals surface area contributed by atoms with Gasteiger partial charge in [-0.1, -0.05) is 42.5 Å². The molecule has 0 saturated heterocycles. The van der Waals surface area contributed by atoms with Gasteiger partial charge in [-0.15, -0.1) is 6.58 Å². The molecular formula is C27H30N2O3S. The van der Waals surface area contributed by atoms with Crippen LogP contribution in [0.15, 0.2) is 96.6 Å². The summed E-state index contributed by atoms with van der Waals surface area (Å²) in [5, 5.41) is 0.981. The average molecular weight is 463 g/mol. The van der Waals surface area contributed by atoms with Crippen LogP contribution in [0.5, 0.6) is 0 Å². The van der Waals surface area contributed by atoms with Crippen molar-refractivity contribution in [2.45, 2.75) is 24.7 Å². The molecule has 0 saturated carbocycles. The molecule has 0 N–H and O–H groups in total. The number of fused-ring (bicyclic) bond motifs is 1. The number of carbonyl (C=O) groups is 1. The molecule has 1 aromatic heterocycles. The quantitative estimate of drug-likeness (QED) is 0.217. The Morgan fingerprint density at radius 2 is 1.79 bits per heavy atom. The van der Waals surface area contributed by atoms with Crippen LogP contribution in [0, 0.1) is 6.92 Å². The molecule has 0 unspecified atom stereocenters. The fraction of sp³-hybridized carbons (Fsp3) is 0.222. The molecule has 0 aliphatic rings. The lowest BCUT2D eigenvalue weighted by molar-refractivity contribution is 0.103. The lowest BCUT2D eigenvalue weighted by Crippen LogP contribution is -2.33. The molecule has 0 spiro atoms. The van der Waals surface area contributed by atoms with E-state index < -0.39 is 10.0 Å². The fourth-order valence-electron chi connectivity index (χ4n) is 3.69. The minimum Gasteiger partial charge on any atom is -0.351 e. The topological polar surface area (TPSA) is 59.4 Å². The van der Waals surface area contributed by atoms with Crippen LogP contribution in [0.25, 0.3) is 10.9 Å². The van der Waals surface area contributed by atoms with E-state index in [0.29, 0.717) is 23.1 Å². The Bertz CT molecular complexity index is 1320. The van der Waals surface area contributed by atoms with E-state index in [1.807, 2.05) is 42.9 Å². The second-order valence-electron chi connectivity index (χ2n) is 8.29. The Balaban J connectivity index is 1.73. The first-order valence-corrected chi connectivity index (χ1v) is 12.2. The van der Waals surface area contributed by atoms with Crippen molar-refractivity contribution in [1.82, 2.24) is 8.87 Å². The van der Waals surface area contributed by atoms with E-state index in [4.69, 9.17) is 0 Å². The van der Waals surface area contributed by atoms with E-state index >= 15 is 0 Å². The first-order chi connectivity index (χ1) is 15.6. The molecule has 3 aromatic rings. The summed E-state index contributed by atoms with van der Waals surface area (Å²) >= 11 is 0. The van der Waals surface area contributed by atoms with Gasteiger partial charge in [-0.05, 0) is 61.7 Å². The predicted molar refractivity (Wildman–Crippen MR) is 135 cm³/mol. The second-order valence-corrected chi connectivity index (χ2v) is 10.2. The molecule has 5 nitrogen and oxygen atoms in total. The standard InChI is InChI=1S/C27H30N2O3S/c1-6-7-15-29(33(31,32)25-11-8-20(2)9-12-25)19-21(3)17-22(4)27(30)24-10-13-26-23(18-24)14-16-28(26)5/h6,8-14,16,18H,1,3-4,7,15,17,19H2,2,5H3. The number of sulfonamides is 1. The summed E-state index contributed by atoms with van der Waals surface area (Å²) < 4.78 is 29.8. The van der Waals surface area contributed by atoms with E-state index in [2.05, 4.69) is 19.7 Å². The number of aromatic nitrogens is 1. The summed E-state index contributed by atoms with van der Waals surface area (Å²) in [7, 11) is -1.75. The zero-order valence-corrected chi connectivity index (χ0v) is 20.1. The monoisotopic (exact) mass is 462 g/mol. The first kappa shape index (κ1) is 24.4. The summed E-state index contributed by atoms with van der Waals surface area (Å²) in [6, 6.07) is 14.3. The fourth-order valence-corrected chi connectivity index (χ4v) is 5.17. The molecular weight excluding hydrogens is 432 g/mol. The normalized spacial score (nSPS) is 11.6. The van der Waals surface area contributed by atoms with Crippen molar-refractivity contribution >= 4 is 26.7 Å².